The Balaban J connectivity index is 1.54. The van der Waals surface area contributed by atoms with Gasteiger partial charge in [0.1, 0.15) is 5.75 Å². The van der Waals surface area contributed by atoms with E-state index in [9.17, 15) is 9.59 Å². The molecule has 10 heteroatoms. The van der Waals surface area contributed by atoms with Crippen molar-refractivity contribution in [3.8, 4) is 17.2 Å². The lowest BCUT2D eigenvalue weighted by molar-refractivity contribution is -0.118. The molecule has 0 spiro atoms. The highest BCUT2D eigenvalue weighted by Gasteiger charge is 2.12. The highest BCUT2D eigenvalue weighted by Crippen LogP contribution is 2.29. The molecule has 0 saturated carbocycles. The van der Waals surface area contributed by atoms with Crippen LogP contribution in [0.3, 0.4) is 0 Å². The molecule has 0 bridgehead atoms. The lowest BCUT2D eigenvalue weighted by atomic mass is 10.2. The first-order valence-electron chi connectivity index (χ1n) is 12.0. The van der Waals surface area contributed by atoms with Gasteiger partial charge in [-0.1, -0.05) is 24.6 Å². The van der Waals surface area contributed by atoms with E-state index >= 15 is 0 Å². The van der Waals surface area contributed by atoms with Crippen molar-refractivity contribution in [1.29, 1.82) is 0 Å². The van der Waals surface area contributed by atoms with Gasteiger partial charge in [0.05, 0.1) is 23.9 Å². The van der Waals surface area contributed by atoms with Crippen molar-refractivity contribution in [2.24, 2.45) is 5.10 Å². The van der Waals surface area contributed by atoms with Gasteiger partial charge in [-0.3, -0.25) is 9.59 Å². The first-order chi connectivity index (χ1) is 18.3. The monoisotopic (exact) mass is 601 g/mol. The predicted octanol–water partition coefficient (Wildman–Crippen LogP) is 6.38. The van der Waals surface area contributed by atoms with Crippen molar-refractivity contribution in [1.82, 2.24) is 5.43 Å². The van der Waals surface area contributed by atoms with Crippen molar-refractivity contribution >= 4 is 51.2 Å². The van der Waals surface area contributed by atoms with E-state index in [4.69, 9.17) is 25.8 Å². The molecular weight excluding hydrogens is 574 g/mol. The number of anilines is 1. The summed E-state index contributed by atoms with van der Waals surface area (Å²) in [6.07, 6.45) is 2.37. The van der Waals surface area contributed by atoms with Crippen LogP contribution in [-0.4, -0.2) is 37.8 Å². The summed E-state index contributed by atoms with van der Waals surface area (Å²) >= 11 is 9.53. The SMILES string of the molecule is CCCOc1ccc(C(=O)N/N=C/c2ccc(OCC(=O)Nc3ccc(C)c(Cl)c3)c(Br)c2)cc1OCC. The van der Waals surface area contributed by atoms with Crippen LogP contribution in [-0.2, 0) is 4.79 Å². The summed E-state index contributed by atoms with van der Waals surface area (Å²) in [5.41, 5.74) is 5.13. The number of nitrogens with one attached hydrogen (secondary N) is 2. The summed E-state index contributed by atoms with van der Waals surface area (Å²) in [7, 11) is 0. The fourth-order valence-corrected chi connectivity index (χ4v) is 3.90. The second-order valence-electron chi connectivity index (χ2n) is 8.13. The molecule has 3 aromatic carbocycles. The third-order valence-electron chi connectivity index (χ3n) is 5.12. The third-order valence-corrected chi connectivity index (χ3v) is 6.14. The molecule has 0 atom stereocenters. The molecule has 3 aromatic rings. The summed E-state index contributed by atoms with van der Waals surface area (Å²) in [4.78, 5) is 24.8. The molecule has 2 amide bonds. The smallest absolute Gasteiger partial charge is 0.271 e. The van der Waals surface area contributed by atoms with E-state index in [-0.39, 0.29) is 18.4 Å². The van der Waals surface area contributed by atoms with Crippen LogP contribution in [0.2, 0.25) is 5.02 Å². The Bertz CT molecular complexity index is 1320. The number of carbonyl (C=O) groups excluding carboxylic acids is 2. The molecule has 0 aliphatic heterocycles. The first kappa shape index (κ1) is 29.0. The molecule has 3 rings (SSSR count). The second-order valence-corrected chi connectivity index (χ2v) is 9.39. The standard InChI is InChI=1S/C28H29BrClN3O5/c1-4-12-37-25-11-8-20(14-26(25)36-5-2)28(35)33-31-16-19-7-10-24(22(29)13-19)38-17-27(34)32-21-9-6-18(3)23(30)15-21/h6-11,13-16H,4-5,12,17H2,1-3H3,(H,32,34)(H,33,35)/b31-16+. The normalized spacial score (nSPS) is 10.8. The van der Waals surface area contributed by atoms with Crippen LogP contribution < -0.4 is 25.0 Å². The largest absolute Gasteiger partial charge is 0.490 e. The van der Waals surface area contributed by atoms with E-state index < -0.39 is 0 Å². The predicted molar refractivity (Wildman–Crippen MR) is 153 cm³/mol. The molecular formula is C28H29BrClN3O5. The molecule has 38 heavy (non-hydrogen) atoms. The number of hydrazone groups is 1. The number of ether oxygens (including phenoxy) is 3. The quantitative estimate of drug-likeness (QED) is 0.185. The number of nitrogens with zero attached hydrogens (tertiary/aromatic N) is 1. The van der Waals surface area contributed by atoms with E-state index in [2.05, 4.69) is 31.8 Å². The van der Waals surface area contributed by atoms with Crippen molar-refractivity contribution in [3.63, 3.8) is 0 Å². The fraction of sp³-hybridized carbons (Fsp3) is 0.250. The molecule has 8 nitrogen and oxygen atoms in total. The van der Waals surface area contributed by atoms with E-state index in [1.54, 1.807) is 48.5 Å². The number of rotatable bonds is 12. The Kier molecular flexibility index (Phi) is 11.0. The molecule has 0 aromatic heterocycles. The van der Waals surface area contributed by atoms with Crippen LogP contribution >= 0.6 is 27.5 Å². The van der Waals surface area contributed by atoms with Gasteiger partial charge in [0.2, 0.25) is 0 Å². The van der Waals surface area contributed by atoms with Crippen LogP contribution in [0.25, 0.3) is 0 Å². The second kappa shape index (κ2) is 14.4. The average Bonchev–Trinajstić information content (AvgIpc) is 2.89. The summed E-state index contributed by atoms with van der Waals surface area (Å²) in [5.74, 6) is 0.884. The van der Waals surface area contributed by atoms with Crippen LogP contribution in [0.15, 0.2) is 64.2 Å². The Morgan fingerprint density at radius 1 is 0.974 bits per heavy atom. The molecule has 0 saturated heterocycles. The van der Waals surface area contributed by atoms with Crippen LogP contribution in [0, 0.1) is 6.92 Å². The summed E-state index contributed by atoms with van der Waals surface area (Å²) in [6, 6.07) is 15.5. The zero-order chi connectivity index (χ0) is 27.5. The lowest BCUT2D eigenvalue weighted by Gasteiger charge is -2.12. The molecule has 0 fully saturated rings. The topological polar surface area (TPSA) is 98.3 Å². The van der Waals surface area contributed by atoms with E-state index in [0.29, 0.717) is 56.8 Å². The highest BCUT2D eigenvalue weighted by molar-refractivity contribution is 9.10. The van der Waals surface area contributed by atoms with Gasteiger partial charge >= 0.3 is 0 Å². The molecule has 0 aliphatic carbocycles. The van der Waals surface area contributed by atoms with Crippen molar-refractivity contribution < 1.29 is 23.8 Å². The number of hydrogen-bond donors (Lipinski definition) is 2. The Morgan fingerprint density at radius 3 is 2.47 bits per heavy atom. The number of amides is 2. The maximum atomic E-state index is 12.6. The number of aryl methyl sites for hydroxylation is 1. The lowest BCUT2D eigenvalue weighted by Crippen LogP contribution is -2.20. The molecule has 0 heterocycles. The third kappa shape index (κ3) is 8.49. The number of hydrogen-bond acceptors (Lipinski definition) is 6. The van der Waals surface area contributed by atoms with Crippen LogP contribution in [0.1, 0.15) is 41.8 Å². The maximum absolute atomic E-state index is 12.6. The minimum absolute atomic E-state index is 0.181. The minimum Gasteiger partial charge on any atom is -0.490 e. The highest BCUT2D eigenvalue weighted by atomic mass is 79.9. The van der Waals surface area contributed by atoms with E-state index in [0.717, 1.165) is 12.0 Å². The van der Waals surface area contributed by atoms with Crippen molar-refractivity contribution in [3.05, 3.63) is 80.8 Å². The Hall–Kier alpha value is -3.56. The zero-order valence-electron chi connectivity index (χ0n) is 21.3. The fourth-order valence-electron chi connectivity index (χ4n) is 3.20. The van der Waals surface area contributed by atoms with Gasteiger partial charge in [-0.25, -0.2) is 5.43 Å². The van der Waals surface area contributed by atoms with Gasteiger partial charge < -0.3 is 19.5 Å². The van der Waals surface area contributed by atoms with E-state index in [1.165, 1.54) is 6.21 Å². The zero-order valence-corrected chi connectivity index (χ0v) is 23.7. The Morgan fingerprint density at radius 2 is 1.76 bits per heavy atom. The van der Waals surface area contributed by atoms with Gasteiger partial charge in [-0.2, -0.15) is 5.10 Å². The van der Waals surface area contributed by atoms with Gasteiger partial charge in [0.15, 0.2) is 18.1 Å². The van der Waals surface area contributed by atoms with Crippen LogP contribution in [0.5, 0.6) is 17.2 Å². The van der Waals surface area contributed by atoms with Gasteiger partial charge in [0.25, 0.3) is 11.8 Å². The average molecular weight is 603 g/mol. The van der Waals surface area contributed by atoms with Gasteiger partial charge in [-0.15, -0.1) is 0 Å². The molecule has 0 unspecified atom stereocenters. The summed E-state index contributed by atoms with van der Waals surface area (Å²) in [5, 5.41) is 7.36. The number of benzene rings is 3. The van der Waals surface area contributed by atoms with Gasteiger partial charge in [-0.05, 0) is 95.9 Å². The molecule has 2 N–H and O–H groups in total. The molecule has 0 aliphatic rings. The van der Waals surface area contributed by atoms with Gasteiger partial charge in [0, 0.05) is 16.3 Å². The minimum atomic E-state index is -0.385. The summed E-state index contributed by atoms with van der Waals surface area (Å²) in [6.45, 7) is 6.60. The number of carbonyl (C=O) groups is 2. The summed E-state index contributed by atoms with van der Waals surface area (Å²) < 4.78 is 17.5. The molecule has 200 valence electrons. The van der Waals surface area contributed by atoms with Crippen LogP contribution in [0.4, 0.5) is 5.69 Å². The van der Waals surface area contributed by atoms with Crippen molar-refractivity contribution in [2.45, 2.75) is 27.2 Å². The number of halogens is 2. The van der Waals surface area contributed by atoms with Crippen molar-refractivity contribution in [2.75, 3.05) is 25.1 Å². The van der Waals surface area contributed by atoms with E-state index in [1.807, 2.05) is 26.8 Å². The maximum Gasteiger partial charge on any atom is 0.271 e. The first-order valence-corrected chi connectivity index (χ1v) is 13.2. The Labute approximate surface area is 235 Å². The molecule has 0 radical (unpaired) electrons.